The van der Waals surface area contributed by atoms with Gasteiger partial charge in [-0.25, -0.2) is 9.37 Å². The molecule has 2 atom stereocenters. The van der Waals surface area contributed by atoms with Gasteiger partial charge in [-0.2, -0.15) is 13.2 Å². The van der Waals surface area contributed by atoms with Crippen LogP contribution in [0.2, 0.25) is 0 Å². The van der Waals surface area contributed by atoms with Crippen LogP contribution in [0.4, 0.5) is 17.6 Å². The zero-order valence-corrected chi connectivity index (χ0v) is 13.7. The van der Waals surface area contributed by atoms with Gasteiger partial charge < -0.3 is 5.32 Å². The normalized spacial score (nSPS) is 20.9. The summed E-state index contributed by atoms with van der Waals surface area (Å²) in [5.74, 6) is -2.90. The fraction of sp³-hybridized carbons (Fsp3) is 0.471. The molecular formula is C17H17F4N3O2. The van der Waals surface area contributed by atoms with Gasteiger partial charge in [0.1, 0.15) is 12.4 Å². The summed E-state index contributed by atoms with van der Waals surface area (Å²) in [7, 11) is 0. The number of carbonyl (C=O) groups is 1. The molecule has 0 aliphatic heterocycles. The summed E-state index contributed by atoms with van der Waals surface area (Å²) in [6.07, 6.45) is -1.96. The average molecular weight is 371 g/mol. The molecule has 1 fully saturated rings. The number of nitrogens with one attached hydrogen (secondary N) is 1. The molecule has 26 heavy (non-hydrogen) atoms. The number of rotatable bonds is 3. The van der Waals surface area contributed by atoms with Gasteiger partial charge in [-0.3, -0.25) is 14.2 Å². The summed E-state index contributed by atoms with van der Waals surface area (Å²) in [5, 5.41) is 2.40. The average Bonchev–Trinajstić information content (AvgIpc) is 2.57. The predicted octanol–water partition coefficient (Wildman–Crippen LogP) is 2.77. The van der Waals surface area contributed by atoms with Crippen molar-refractivity contribution in [1.29, 1.82) is 0 Å². The van der Waals surface area contributed by atoms with Crippen molar-refractivity contribution < 1.29 is 22.4 Å². The second-order valence-electron chi connectivity index (χ2n) is 6.45. The fourth-order valence-electron chi connectivity index (χ4n) is 3.35. The first-order valence-corrected chi connectivity index (χ1v) is 8.26. The van der Waals surface area contributed by atoms with E-state index < -0.39 is 42.0 Å². The van der Waals surface area contributed by atoms with Crippen LogP contribution in [-0.4, -0.2) is 27.7 Å². The Morgan fingerprint density at radius 1 is 1.27 bits per heavy atom. The second kappa shape index (κ2) is 7.05. The molecule has 0 bridgehead atoms. The lowest BCUT2D eigenvalue weighted by atomic mass is 9.84. The molecule has 1 heterocycles. The van der Waals surface area contributed by atoms with E-state index in [0.29, 0.717) is 12.8 Å². The minimum atomic E-state index is -4.38. The van der Waals surface area contributed by atoms with Gasteiger partial charge in [0.2, 0.25) is 5.91 Å². The molecule has 2 unspecified atom stereocenters. The number of hydrogen-bond acceptors (Lipinski definition) is 3. The zero-order chi connectivity index (χ0) is 18.9. The Bertz CT molecular complexity index is 878. The highest BCUT2D eigenvalue weighted by Crippen LogP contribution is 2.37. The molecule has 3 rings (SSSR count). The van der Waals surface area contributed by atoms with Crippen LogP contribution in [0, 0.1) is 11.7 Å². The Morgan fingerprint density at radius 3 is 2.73 bits per heavy atom. The number of benzene rings is 1. The molecule has 1 amide bonds. The number of alkyl halides is 3. The number of aromatic nitrogens is 2. The first-order chi connectivity index (χ1) is 12.3. The number of carbonyl (C=O) groups excluding carboxylic acids is 1. The van der Waals surface area contributed by atoms with Gasteiger partial charge in [0, 0.05) is 6.04 Å². The summed E-state index contributed by atoms with van der Waals surface area (Å²) in [6, 6.07) is 2.51. The van der Waals surface area contributed by atoms with Gasteiger partial charge in [0.05, 0.1) is 23.1 Å². The van der Waals surface area contributed by atoms with Crippen LogP contribution in [0.1, 0.15) is 25.7 Å². The first-order valence-electron chi connectivity index (χ1n) is 8.26. The maximum atomic E-state index is 13.3. The molecule has 1 aromatic carbocycles. The van der Waals surface area contributed by atoms with Gasteiger partial charge in [0.25, 0.3) is 5.56 Å². The van der Waals surface area contributed by atoms with Gasteiger partial charge in [-0.1, -0.05) is 12.8 Å². The molecule has 5 nitrogen and oxygen atoms in total. The third kappa shape index (κ3) is 3.86. The summed E-state index contributed by atoms with van der Waals surface area (Å²) in [6.45, 7) is -0.473. The van der Waals surface area contributed by atoms with Crippen LogP contribution in [0.5, 0.6) is 0 Å². The Kier molecular flexibility index (Phi) is 4.97. The predicted molar refractivity (Wildman–Crippen MR) is 85.9 cm³/mol. The topological polar surface area (TPSA) is 64.0 Å². The molecule has 140 valence electrons. The summed E-state index contributed by atoms with van der Waals surface area (Å²) in [5.41, 5.74) is -0.349. The van der Waals surface area contributed by atoms with Crippen molar-refractivity contribution in [3.05, 3.63) is 40.7 Å². The van der Waals surface area contributed by atoms with Gasteiger partial charge in [0.15, 0.2) is 0 Å². The molecule has 1 N–H and O–H groups in total. The van der Waals surface area contributed by atoms with E-state index in [4.69, 9.17) is 0 Å². The molecule has 9 heteroatoms. The lowest BCUT2D eigenvalue weighted by Crippen LogP contribution is -2.48. The lowest BCUT2D eigenvalue weighted by molar-refractivity contribution is -0.189. The van der Waals surface area contributed by atoms with E-state index in [0.717, 1.165) is 23.0 Å². The Hall–Kier alpha value is -2.45. The molecular weight excluding hydrogens is 354 g/mol. The van der Waals surface area contributed by atoms with Crippen molar-refractivity contribution in [2.45, 2.75) is 44.4 Å². The summed E-state index contributed by atoms with van der Waals surface area (Å²) < 4.78 is 53.6. The van der Waals surface area contributed by atoms with E-state index in [9.17, 15) is 27.2 Å². The maximum absolute atomic E-state index is 13.3. The quantitative estimate of drug-likeness (QED) is 0.844. The monoisotopic (exact) mass is 371 g/mol. The van der Waals surface area contributed by atoms with E-state index in [2.05, 4.69) is 10.3 Å². The SMILES string of the molecule is O=C(Cn1cnc2ccc(F)cc2c1=O)NC1CCCCC1C(F)(F)F. The molecule has 1 aliphatic carbocycles. The van der Waals surface area contributed by atoms with Gasteiger partial charge in [-0.15, -0.1) is 0 Å². The fourth-order valence-corrected chi connectivity index (χ4v) is 3.35. The standard InChI is InChI=1S/C17H17F4N3O2/c18-10-5-6-13-11(7-10)16(26)24(9-22-13)8-15(25)23-14-4-2-1-3-12(14)17(19,20)21/h5-7,9,12,14H,1-4,8H2,(H,23,25). The van der Waals surface area contributed by atoms with Crippen LogP contribution >= 0.6 is 0 Å². The van der Waals surface area contributed by atoms with Gasteiger partial charge in [-0.05, 0) is 31.0 Å². The number of nitrogens with zero attached hydrogens (tertiary/aromatic N) is 2. The highest BCUT2D eigenvalue weighted by Gasteiger charge is 2.45. The van der Waals surface area contributed by atoms with Crippen LogP contribution in [0.15, 0.2) is 29.3 Å². The Balaban J connectivity index is 1.76. The van der Waals surface area contributed by atoms with Crippen molar-refractivity contribution in [2.24, 2.45) is 5.92 Å². The highest BCUT2D eigenvalue weighted by molar-refractivity contribution is 5.79. The Morgan fingerprint density at radius 2 is 2.00 bits per heavy atom. The number of fused-ring (bicyclic) bond motifs is 1. The van der Waals surface area contributed by atoms with E-state index in [-0.39, 0.29) is 23.7 Å². The third-order valence-corrected chi connectivity index (χ3v) is 4.63. The van der Waals surface area contributed by atoms with Crippen molar-refractivity contribution in [3.8, 4) is 0 Å². The molecule has 1 aromatic heterocycles. The molecule has 2 aromatic rings. The second-order valence-corrected chi connectivity index (χ2v) is 6.45. The smallest absolute Gasteiger partial charge is 0.351 e. The number of halogens is 4. The van der Waals surface area contributed by atoms with E-state index >= 15 is 0 Å². The molecule has 1 aliphatic rings. The minimum Gasteiger partial charge on any atom is -0.351 e. The van der Waals surface area contributed by atoms with Crippen LogP contribution in [0.25, 0.3) is 10.9 Å². The third-order valence-electron chi connectivity index (χ3n) is 4.63. The van der Waals surface area contributed by atoms with Crippen molar-refractivity contribution in [1.82, 2.24) is 14.9 Å². The Labute approximate surface area is 146 Å². The van der Waals surface area contributed by atoms with E-state index in [1.807, 2.05) is 0 Å². The van der Waals surface area contributed by atoms with Crippen molar-refractivity contribution in [3.63, 3.8) is 0 Å². The van der Waals surface area contributed by atoms with Gasteiger partial charge >= 0.3 is 6.18 Å². The first kappa shape index (κ1) is 18.3. The van der Waals surface area contributed by atoms with Crippen molar-refractivity contribution in [2.75, 3.05) is 0 Å². The van der Waals surface area contributed by atoms with Crippen molar-refractivity contribution >= 4 is 16.8 Å². The van der Waals surface area contributed by atoms with Crippen LogP contribution in [0.3, 0.4) is 0 Å². The summed E-state index contributed by atoms with van der Waals surface area (Å²) >= 11 is 0. The lowest BCUT2D eigenvalue weighted by Gasteiger charge is -2.33. The van der Waals surface area contributed by atoms with E-state index in [1.165, 1.54) is 6.07 Å². The summed E-state index contributed by atoms with van der Waals surface area (Å²) in [4.78, 5) is 28.5. The number of hydrogen-bond donors (Lipinski definition) is 1. The van der Waals surface area contributed by atoms with Crippen LogP contribution in [-0.2, 0) is 11.3 Å². The van der Waals surface area contributed by atoms with E-state index in [1.54, 1.807) is 0 Å². The highest BCUT2D eigenvalue weighted by atomic mass is 19.4. The number of amides is 1. The molecule has 0 spiro atoms. The molecule has 1 saturated carbocycles. The zero-order valence-electron chi connectivity index (χ0n) is 13.7. The largest absolute Gasteiger partial charge is 0.393 e. The molecule has 0 radical (unpaired) electrons. The minimum absolute atomic E-state index is 0.00568. The molecule has 0 saturated heterocycles. The maximum Gasteiger partial charge on any atom is 0.393 e. The van der Waals surface area contributed by atoms with Crippen LogP contribution < -0.4 is 10.9 Å².